The number of nitrogens with zero attached hydrogens (tertiary/aromatic N) is 1. The van der Waals surface area contributed by atoms with Gasteiger partial charge in [0.1, 0.15) is 0 Å². The predicted octanol–water partition coefficient (Wildman–Crippen LogP) is 2.62. The van der Waals surface area contributed by atoms with E-state index in [4.69, 9.17) is 0 Å². The first-order chi connectivity index (χ1) is 12.6. The maximum Gasteiger partial charge on any atom is 0.237 e. The zero-order valence-corrected chi connectivity index (χ0v) is 17.5. The molecular weight excluding hydrogens is 382 g/mol. The van der Waals surface area contributed by atoms with E-state index in [1.165, 1.54) is 10.5 Å². The van der Waals surface area contributed by atoms with Crippen molar-refractivity contribution in [3.05, 3.63) is 29.8 Å². The molecule has 27 heavy (non-hydrogen) atoms. The van der Waals surface area contributed by atoms with Gasteiger partial charge in [-0.05, 0) is 56.7 Å². The van der Waals surface area contributed by atoms with Crippen molar-refractivity contribution in [2.24, 2.45) is 5.92 Å². The quantitative estimate of drug-likeness (QED) is 0.706. The lowest BCUT2D eigenvalue weighted by Crippen LogP contribution is -2.47. The van der Waals surface area contributed by atoms with Crippen LogP contribution in [0.15, 0.2) is 29.2 Å². The Balaban J connectivity index is 0.00000261. The number of benzene rings is 1. The largest absolute Gasteiger partial charge is 0.354 e. The first-order valence-electron chi connectivity index (χ1n) is 9.61. The first kappa shape index (κ1) is 22.1. The number of carbonyl (C=O) groups excluding carboxylic acids is 2. The van der Waals surface area contributed by atoms with E-state index in [0.717, 1.165) is 45.3 Å². The van der Waals surface area contributed by atoms with E-state index in [0.29, 0.717) is 18.2 Å². The van der Waals surface area contributed by atoms with E-state index >= 15 is 0 Å². The number of halogens is 1. The summed E-state index contributed by atoms with van der Waals surface area (Å²) >= 11 is 1.62. The lowest BCUT2D eigenvalue weighted by molar-refractivity contribution is -0.130. The van der Waals surface area contributed by atoms with Gasteiger partial charge in [-0.3, -0.25) is 9.59 Å². The Kier molecular flexibility index (Phi) is 8.93. The molecule has 150 valence electrons. The molecule has 0 bridgehead atoms. The normalized spacial score (nSPS) is 22.2. The van der Waals surface area contributed by atoms with Crippen LogP contribution in [0.1, 0.15) is 31.2 Å². The minimum absolute atomic E-state index is 0. The van der Waals surface area contributed by atoms with Gasteiger partial charge in [-0.15, -0.1) is 24.2 Å². The fraction of sp³-hybridized carbons (Fsp3) is 0.600. The number of likely N-dealkylation sites (tertiary alicyclic amines) is 1. The smallest absolute Gasteiger partial charge is 0.237 e. The van der Waals surface area contributed by atoms with Crippen LogP contribution in [0.2, 0.25) is 0 Å². The third-order valence-electron chi connectivity index (χ3n) is 5.26. The average molecular weight is 412 g/mol. The van der Waals surface area contributed by atoms with Gasteiger partial charge in [0.15, 0.2) is 0 Å². The summed E-state index contributed by atoms with van der Waals surface area (Å²) in [6.07, 6.45) is 4.09. The van der Waals surface area contributed by atoms with Gasteiger partial charge in [-0.25, -0.2) is 0 Å². The number of rotatable bonds is 6. The zero-order valence-electron chi connectivity index (χ0n) is 15.9. The van der Waals surface area contributed by atoms with E-state index in [-0.39, 0.29) is 30.3 Å². The highest BCUT2D eigenvalue weighted by atomic mass is 35.5. The van der Waals surface area contributed by atoms with Crippen LogP contribution in [0, 0.1) is 12.8 Å². The van der Waals surface area contributed by atoms with Crippen molar-refractivity contribution < 1.29 is 9.59 Å². The fourth-order valence-electron chi connectivity index (χ4n) is 3.68. The topological polar surface area (TPSA) is 61.4 Å². The van der Waals surface area contributed by atoms with Crippen molar-refractivity contribution in [2.45, 2.75) is 43.5 Å². The van der Waals surface area contributed by atoms with Gasteiger partial charge in [-0.2, -0.15) is 0 Å². The number of amides is 2. The van der Waals surface area contributed by atoms with E-state index in [2.05, 4.69) is 29.7 Å². The third-order valence-corrected chi connectivity index (χ3v) is 6.42. The molecule has 2 unspecified atom stereocenters. The molecular formula is C20H30ClN3O2S. The molecule has 0 spiro atoms. The van der Waals surface area contributed by atoms with Crippen molar-refractivity contribution in [1.82, 2.24) is 15.5 Å². The van der Waals surface area contributed by atoms with Gasteiger partial charge >= 0.3 is 0 Å². The Morgan fingerprint density at radius 2 is 2.07 bits per heavy atom. The van der Waals surface area contributed by atoms with Crippen molar-refractivity contribution in [1.29, 1.82) is 0 Å². The zero-order chi connectivity index (χ0) is 18.4. The van der Waals surface area contributed by atoms with E-state index in [1.54, 1.807) is 11.8 Å². The van der Waals surface area contributed by atoms with Gasteiger partial charge in [0.2, 0.25) is 11.8 Å². The second-order valence-electron chi connectivity index (χ2n) is 7.30. The molecule has 7 heteroatoms. The van der Waals surface area contributed by atoms with Crippen LogP contribution < -0.4 is 10.6 Å². The molecule has 2 aliphatic rings. The number of aryl methyl sites for hydroxylation is 1. The Labute approximate surface area is 172 Å². The molecule has 0 aromatic heterocycles. The molecule has 2 aliphatic heterocycles. The highest BCUT2D eigenvalue weighted by Crippen LogP contribution is 2.23. The molecule has 1 aromatic carbocycles. The van der Waals surface area contributed by atoms with Crippen LogP contribution in [0.3, 0.4) is 0 Å². The highest BCUT2D eigenvalue weighted by Gasteiger charge is 2.26. The molecule has 0 saturated carbocycles. The molecule has 3 rings (SSSR count). The Bertz CT molecular complexity index is 637. The van der Waals surface area contributed by atoms with Crippen LogP contribution in [-0.2, 0) is 9.59 Å². The summed E-state index contributed by atoms with van der Waals surface area (Å²) in [4.78, 5) is 27.9. The summed E-state index contributed by atoms with van der Waals surface area (Å²) in [5.74, 6) is 1.16. The Morgan fingerprint density at radius 3 is 2.81 bits per heavy atom. The SMILES string of the molecule is Cc1ccccc1SCC(=O)N1CCCC(CNC(=O)C2CCCN2)C1.Cl. The number of hydrogen-bond donors (Lipinski definition) is 2. The summed E-state index contributed by atoms with van der Waals surface area (Å²) in [7, 11) is 0. The van der Waals surface area contributed by atoms with E-state index in [9.17, 15) is 9.59 Å². The molecule has 2 atom stereocenters. The fourth-order valence-corrected chi connectivity index (χ4v) is 4.62. The van der Waals surface area contributed by atoms with E-state index in [1.807, 2.05) is 17.0 Å². The van der Waals surface area contributed by atoms with Crippen LogP contribution in [0.5, 0.6) is 0 Å². The molecule has 2 heterocycles. The van der Waals surface area contributed by atoms with Crippen LogP contribution >= 0.6 is 24.2 Å². The second-order valence-corrected chi connectivity index (χ2v) is 8.31. The lowest BCUT2D eigenvalue weighted by atomic mass is 9.98. The summed E-state index contributed by atoms with van der Waals surface area (Å²) < 4.78 is 0. The molecule has 0 aliphatic carbocycles. The monoisotopic (exact) mass is 411 g/mol. The number of hydrogen-bond acceptors (Lipinski definition) is 4. The highest BCUT2D eigenvalue weighted by molar-refractivity contribution is 8.00. The van der Waals surface area contributed by atoms with Gasteiger partial charge in [0, 0.05) is 24.5 Å². The van der Waals surface area contributed by atoms with Gasteiger partial charge in [0.05, 0.1) is 11.8 Å². The Hall–Kier alpha value is -1.24. The average Bonchev–Trinajstić information content (AvgIpc) is 3.20. The van der Waals surface area contributed by atoms with Crippen molar-refractivity contribution >= 4 is 36.0 Å². The van der Waals surface area contributed by atoms with Crippen molar-refractivity contribution in [2.75, 3.05) is 31.9 Å². The molecule has 1 aromatic rings. The third kappa shape index (κ3) is 6.40. The molecule has 2 amide bonds. The second kappa shape index (κ2) is 10.9. The maximum absolute atomic E-state index is 12.6. The molecule has 2 saturated heterocycles. The first-order valence-corrected chi connectivity index (χ1v) is 10.6. The summed E-state index contributed by atoms with van der Waals surface area (Å²) in [6, 6.07) is 8.15. The van der Waals surface area contributed by atoms with Crippen LogP contribution in [-0.4, -0.2) is 54.7 Å². The predicted molar refractivity (Wildman–Crippen MR) is 112 cm³/mol. The summed E-state index contributed by atoms with van der Waals surface area (Å²) in [5, 5.41) is 6.30. The number of carbonyl (C=O) groups is 2. The van der Waals surface area contributed by atoms with Gasteiger partial charge in [-0.1, -0.05) is 18.2 Å². The van der Waals surface area contributed by atoms with E-state index < -0.39 is 0 Å². The standard InChI is InChI=1S/C20H29N3O2S.ClH/c1-15-6-2-3-9-18(15)26-14-19(24)23-11-5-7-16(13-23)12-22-20(25)17-8-4-10-21-17;/h2-3,6,9,16-17,21H,4-5,7-8,10-14H2,1H3,(H,22,25);1H. The Morgan fingerprint density at radius 1 is 1.26 bits per heavy atom. The van der Waals surface area contributed by atoms with Crippen molar-refractivity contribution in [3.8, 4) is 0 Å². The molecule has 2 fully saturated rings. The van der Waals surface area contributed by atoms with Crippen LogP contribution in [0.25, 0.3) is 0 Å². The summed E-state index contributed by atoms with van der Waals surface area (Å²) in [6.45, 7) is 5.27. The molecule has 5 nitrogen and oxygen atoms in total. The number of thioether (sulfide) groups is 1. The maximum atomic E-state index is 12.6. The number of piperidine rings is 1. The van der Waals surface area contributed by atoms with Gasteiger partial charge in [0.25, 0.3) is 0 Å². The summed E-state index contributed by atoms with van der Waals surface area (Å²) in [5.41, 5.74) is 1.21. The molecule has 2 N–H and O–H groups in total. The lowest BCUT2D eigenvalue weighted by Gasteiger charge is -2.33. The van der Waals surface area contributed by atoms with Crippen LogP contribution in [0.4, 0.5) is 0 Å². The van der Waals surface area contributed by atoms with Gasteiger partial charge < -0.3 is 15.5 Å². The van der Waals surface area contributed by atoms with Crippen molar-refractivity contribution in [3.63, 3.8) is 0 Å². The minimum atomic E-state index is -0.0261. The minimum Gasteiger partial charge on any atom is -0.354 e. The molecule has 0 radical (unpaired) electrons. The number of nitrogens with one attached hydrogen (secondary N) is 2.